The van der Waals surface area contributed by atoms with E-state index in [4.69, 9.17) is 4.74 Å². The molecule has 0 unspecified atom stereocenters. The number of rotatable bonds is 10. The molecule has 0 aliphatic rings. The van der Waals surface area contributed by atoms with Crippen LogP contribution in [-0.4, -0.2) is 31.4 Å². The van der Waals surface area contributed by atoms with Crippen LogP contribution in [0.2, 0.25) is 0 Å². The number of carbonyl (C=O) groups excluding carboxylic acids is 1. The summed E-state index contributed by atoms with van der Waals surface area (Å²) in [6, 6.07) is 14.1. The minimum absolute atomic E-state index is 0.151. The summed E-state index contributed by atoms with van der Waals surface area (Å²) < 4.78 is 7.78. The summed E-state index contributed by atoms with van der Waals surface area (Å²) in [6.07, 6.45) is 1.77. The van der Waals surface area contributed by atoms with Gasteiger partial charge in [-0.1, -0.05) is 42.1 Å². The Morgan fingerprint density at radius 1 is 1.17 bits per heavy atom. The summed E-state index contributed by atoms with van der Waals surface area (Å²) in [7, 11) is 0. The van der Waals surface area contributed by atoms with Gasteiger partial charge in [-0.15, -0.1) is 28.1 Å². The molecule has 7 nitrogen and oxygen atoms in total. The molecule has 4 rings (SSSR count). The van der Waals surface area contributed by atoms with Crippen LogP contribution in [0.25, 0.3) is 11.3 Å². The maximum Gasteiger partial charge on any atom is 0.236 e. The molecular formula is C26H27N5O2S2. The van der Waals surface area contributed by atoms with Crippen molar-refractivity contribution in [1.29, 1.82) is 0 Å². The predicted octanol–water partition coefficient (Wildman–Crippen LogP) is 5.82. The molecule has 35 heavy (non-hydrogen) atoms. The Bertz CT molecular complexity index is 1350. The van der Waals surface area contributed by atoms with Gasteiger partial charge in [-0.05, 0) is 55.7 Å². The second-order valence-electron chi connectivity index (χ2n) is 8.08. The highest BCUT2D eigenvalue weighted by molar-refractivity contribution is 7.99. The molecule has 1 amide bonds. The fourth-order valence-corrected chi connectivity index (χ4v) is 4.85. The van der Waals surface area contributed by atoms with Crippen LogP contribution in [0, 0.1) is 20.8 Å². The highest BCUT2D eigenvalue weighted by Gasteiger charge is 2.15. The zero-order valence-electron chi connectivity index (χ0n) is 19.9. The number of nitrogens with zero attached hydrogens (tertiary/aromatic N) is 4. The first-order chi connectivity index (χ1) is 16.9. The number of benzene rings is 2. The van der Waals surface area contributed by atoms with E-state index in [1.54, 1.807) is 6.08 Å². The fraction of sp³-hybridized carbons (Fsp3) is 0.231. The molecule has 1 N–H and O–H groups in total. The Balaban J connectivity index is 1.35. The molecule has 180 valence electrons. The van der Waals surface area contributed by atoms with Gasteiger partial charge < -0.3 is 10.1 Å². The number of nitrogens with one attached hydrogen (secondary N) is 1. The van der Waals surface area contributed by atoms with Gasteiger partial charge in [-0.25, -0.2) is 4.98 Å². The summed E-state index contributed by atoms with van der Waals surface area (Å²) >= 11 is 2.73. The Hall–Kier alpha value is -3.43. The van der Waals surface area contributed by atoms with Crippen molar-refractivity contribution in [1.82, 2.24) is 19.7 Å². The highest BCUT2D eigenvalue weighted by Crippen LogP contribution is 2.27. The highest BCUT2D eigenvalue weighted by atomic mass is 32.2. The fourth-order valence-electron chi connectivity index (χ4n) is 3.35. The molecule has 0 saturated heterocycles. The molecule has 0 spiro atoms. The number of aryl methyl sites for hydroxylation is 3. The van der Waals surface area contributed by atoms with Crippen LogP contribution in [0.3, 0.4) is 0 Å². The molecule has 2 heterocycles. The van der Waals surface area contributed by atoms with E-state index in [-0.39, 0.29) is 18.3 Å². The average molecular weight is 506 g/mol. The molecule has 0 aliphatic heterocycles. The van der Waals surface area contributed by atoms with Crippen LogP contribution >= 0.6 is 23.1 Å². The molecule has 2 aromatic carbocycles. The number of thioether (sulfide) groups is 1. The van der Waals surface area contributed by atoms with Gasteiger partial charge in [0.05, 0.1) is 11.4 Å². The lowest BCUT2D eigenvalue weighted by atomic mass is 10.1. The number of anilines is 1. The summed E-state index contributed by atoms with van der Waals surface area (Å²) in [5.41, 5.74) is 5.47. The van der Waals surface area contributed by atoms with Crippen molar-refractivity contribution >= 4 is 34.1 Å². The van der Waals surface area contributed by atoms with Crippen molar-refractivity contribution in [2.75, 3.05) is 11.1 Å². The maximum atomic E-state index is 12.6. The summed E-state index contributed by atoms with van der Waals surface area (Å²) in [4.78, 5) is 17.2. The summed E-state index contributed by atoms with van der Waals surface area (Å²) in [6.45, 7) is 10.8. The molecule has 2 aromatic heterocycles. The molecule has 0 radical (unpaired) electrons. The quantitative estimate of drug-likeness (QED) is 0.216. The standard InChI is InChI=1S/C26H27N5O2S2/c1-5-11-31-23(14-33-21-8-6-7-17(2)12-21)29-30-26(31)35-16-24(32)28-25-27-22(15-34-25)20-10-9-18(3)19(4)13-20/h5-10,12-13,15H,1,11,14,16H2,2-4H3,(H,27,28,32). The third kappa shape index (κ3) is 6.37. The van der Waals surface area contributed by atoms with E-state index >= 15 is 0 Å². The van der Waals surface area contributed by atoms with Crippen LogP contribution < -0.4 is 10.1 Å². The Labute approximate surface area is 213 Å². The smallest absolute Gasteiger partial charge is 0.236 e. The van der Waals surface area contributed by atoms with Crippen LogP contribution in [-0.2, 0) is 17.9 Å². The van der Waals surface area contributed by atoms with E-state index in [0.717, 1.165) is 22.6 Å². The van der Waals surface area contributed by atoms with Crippen LogP contribution in [0.15, 0.2) is 65.7 Å². The normalized spacial score (nSPS) is 10.8. The largest absolute Gasteiger partial charge is 0.486 e. The predicted molar refractivity (Wildman–Crippen MR) is 142 cm³/mol. The van der Waals surface area contributed by atoms with Crippen molar-refractivity contribution < 1.29 is 9.53 Å². The first-order valence-corrected chi connectivity index (χ1v) is 13.0. The van der Waals surface area contributed by atoms with Crippen molar-refractivity contribution in [3.8, 4) is 17.0 Å². The molecule has 0 bridgehead atoms. The third-order valence-electron chi connectivity index (χ3n) is 5.35. The molecule has 4 aromatic rings. The number of carbonyl (C=O) groups is 1. The maximum absolute atomic E-state index is 12.6. The lowest BCUT2D eigenvalue weighted by Crippen LogP contribution is -2.15. The van der Waals surface area contributed by atoms with Crippen molar-refractivity contribution in [3.63, 3.8) is 0 Å². The summed E-state index contributed by atoms with van der Waals surface area (Å²) in [5, 5.41) is 14.6. The number of hydrogen-bond acceptors (Lipinski definition) is 7. The molecule has 0 saturated carbocycles. The van der Waals surface area contributed by atoms with Crippen LogP contribution in [0.5, 0.6) is 5.75 Å². The van der Waals surface area contributed by atoms with E-state index < -0.39 is 0 Å². The van der Waals surface area contributed by atoms with Crippen molar-refractivity contribution in [3.05, 3.63) is 83.0 Å². The number of amides is 1. The second kappa shape index (κ2) is 11.3. The SMILES string of the molecule is C=CCn1c(COc2cccc(C)c2)nnc1SCC(=O)Nc1nc(-c2ccc(C)c(C)c2)cs1. The van der Waals surface area contributed by atoms with Gasteiger partial charge in [0, 0.05) is 17.5 Å². The lowest BCUT2D eigenvalue weighted by molar-refractivity contribution is -0.113. The number of thiazole rings is 1. The van der Waals surface area contributed by atoms with E-state index in [9.17, 15) is 4.79 Å². The van der Waals surface area contributed by atoms with Gasteiger partial charge >= 0.3 is 0 Å². The monoisotopic (exact) mass is 505 g/mol. The minimum Gasteiger partial charge on any atom is -0.486 e. The van der Waals surface area contributed by atoms with Gasteiger partial charge in [-0.3, -0.25) is 9.36 Å². The number of ether oxygens (including phenoxy) is 1. The molecule has 0 fully saturated rings. The molecule has 9 heteroatoms. The third-order valence-corrected chi connectivity index (χ3v) is 7.07. The number of allylic oxidation sites excluding steroid dienone is 1. The summed E-state index contributed by atoms with van der Waals surface area (Å²) in [5.74, 6) is 1.48. The first kappa shape index (κ1) is 24.7. The van der Waals surface area contributed by atoms with Crippen molar-refractivity contribution in [2.24, 2.45) is 0 Å². The number of hydrogen-bond donors (Lipinski definition) is 1. The van der Waals surface area contributed by atoms with Gasteiger partial charge in [0.1, 0.15) is 12.4 Å². The number of aromatic nitrogens is 4. The Morgan fingerprint density at radius 2 is 2.03 bits per heavy atom. The first-order valence-electron chi connectivity index (χ1n) is 11.1. The lowest BCUT2D eigenvalue weighted by Gasteiger charge is -2.09. The van der Waals surface area contributed by atoms with Crippen molar-refractivity contribution in [2.45, 2.75) is 39.1 Å². The van der Waals surface area contributed by atoms with E-state index in [2.05, 4.69) is 53.1 Å². The van der Waals surface area contributed by atoms with E-state index in [1.165, 1.54) is 34.2 Å². The van der Waals surface area contributed by atoms with E-state index in [0.29, 0.717) is 22.7 Å². The van der Waals surface area contributed by atoms with Gasteiger partial charge in [0.2, 0.25) is 5.91 Å². The van der Waals surface area contributed by atoms with Crippen LogP contribution in [0.4, 0.5) is 5.13 Å². The van der Waals surface area contributed by atoms with Gasteiger partial charge in [-0.2, -0.15) is 0 Å². The zero-order valence-corrected chi connectivity index (χ0v) is 21.6. The Morgan fingerprint density at radius 3 is 2.80 bits per heavy atom. The van der Waals surface area contributed by atoms with E-state index in [1.807, 2.05) is 47.2 Å². The Kier molecular flexibility index (Phi) is 7.99. The minimum atomic E-state index is -0.151. The molecular weight excluding hydrogens is 478 g/mol. The topological polar surface area (TPSA) is 81.9 Å². The molecule has 0 atom stereocenters. The van der Waals surface area contributed by atoms with Gasteiger partial charge in [0.15, 0.2) is 16.1 Å². The zero-order chi connectivity index (χ0) is 24.8. The second-order valence-corrected chi connectivity index (χ2v) is 9.88. The van der Waals surface area contributed by atoms with Gasteiger partial charge in [0.25, 0.3) is 0 Å². The molecule has 0 aliphatic carbocycles. The average Bonchev–Trinajstić information content (AvgIpc) is 3.45. The van der Waals surface area contributed by atoms with Crippen LogP contribution in [0.1, 0.15) is 22.5 Å².